The highest BCUT2D eigenvalue weighted by Crippen LogP contribution is 2.27. The van der Waals surface area contributed by atoms with Crippen LogP contribution >= 0.6 is 22.6 Å². The Bertz CT molecular complexity index is 1010. The Morgan fingerprint density at radius 1 is 1.00 bits per heavy atom. The number of aryl methyl sites for hydroxylation is 1. The van der Waals surface area contributed by atoms with Crippen molar-refractivity contribution in [2.75, 3.05) is 5.32 Å². The molecule has 0 saturated heterocycles. The van der Waals surface area contributed by atoms with Crippen LogP contribution in [0.25, 0.3) is 22.3 Å². The number of H-pyrrole nitrogens is 1. The summed E-state index contributed by atoms with van der Waals surface area (Å²) in [5, 5.41) is 11.4. The van der Waals surface area contributed by atoms with E-state index in [-0.39, 0.29) is 0 Å². The van der Waals surface area contributed by atoms with Gasteiger partial charge in [0.05, 0.1) is 11.2 Å². The summed E-state index contributed by atoms with van der Waals surface area (Å²) in [6.07, 6.45) is 0. The predicted molar refractivity (Wildman–Crippen MR) is 104 cm³/mol. The van der Waals surface area contributed by atoms with Crippen molar-refractivity contribution in [1.82, 2.24) is 20.2 Å². The van der Waals surface area contributed by atoms with Crippen molar-refractivity contribution in [2.24, 2.45) is 0 Å². The van der Waals surface area contributed by atoms with Gasteiger partial charge < -0.3 is 5.32 Å². The van der Waals surface area contributed by atoms with Gasteiger partial charge in [0.2, 0.25) is 0 Å². The highest BCUT2D eigenvalue weighted by atomic mass is 127. The summed E-state index contributed by atoms with van der Waals surface area (Å²) in [6.45, 7) is 1.94. The maximum absolute atomic E-state index is 4.73. The second-order valence-electron chi connectivity index (χ2n) is 5.47. The highest BCUT2D eigenvalue weighted by molar-refractivity contribution is 14.1. The maximum atomic E-state index is 4.73. The van der Waals surface area contributed by atoms with Gasteiger partial charge in [-0.15, -0.1) is 0 Å². The number of para-hydroxylation sites is 1. The quantitative estimate of drug-likeness (QED) is 0.466. The van der Waals surface area contributed by atoms with Gasteiger partial charge in [0, 0.05) is 20.6 Å². The van der Waals surface area contributed by atoms with E-state index >= 15 is 0 Å². The van der Waals surface area contributed by atoms with Crippen LogP contribution in [0.15, 0.2) is 54.6 Å². The summed E-state index contributed by atoms with van der Waals surface area (Å²) in [5.41, 5.74) is 2.82. The Labute approximate surface area is 152 Å². The number of benzene rings is 2. The standard InChI is InChI=1S/C18H14IN5/c1-11-10-16(24-23-11)21-18-14-4-2-3-5-15(14)20-17(22-18)12-6-8-13(19)9-7-12/h2-10H,1H3,(H2,20,21,22,23,24). The molecule has 2 N–H and O–H groups in total. The van der Waals surface area contributed by atoms with Crippen LogP contribution in [0.5, 0.6) is 0 Å². The lowest BCUT2D eigenvalue weighted by atomic mass is 10.2. The molecule has 118 valence electrons. The zero-order chi connectivity index (χ0) is 16.5. The summed E-state index contributed by atoms with van der Waals surface area (Å²) in [6, 6.07) is 18.1. The van der Waals surface area contributed by atoms with Crippen molar-refractivity contribution in [1.29, 1.82) is 0 Å². The van der Waals surface area contributed by atoms with Crippen LogP contribution in [0, 0.1) is 10.5 Å². The molecule has 0 radical (unpaired) electrons. The largest absolute Gasteiger partial charge is 0.325 e. The first-order valence-corrected chi connectivity index (χ1v) is 8.59. The molecule has 0 saturated carbocycles. The van der Waals surface area contributed by atoms with Gasteiger partial charge in [0.25, 0.3) is 0 Å². The van der Waals surface area contributed by atoms with Gasteiger partial charge in [-0.25, -0.2) is 9.97 Å². The number of aromatic amines is 1. The molecule has 2 heterocycles. The Kier molecular flexibility index (Phi) is 3.89. The van der Waals surface area contributed by atoms with E-state index in [1.165, 1.54) is 3.57 Å². The molecule has 0 aliphatic carbocycles. The van der Waals surface area contributed by atoms with Crippen molar-refractivity contribution in [3.63, 3.8) is 0 Å². The molecule has 0 fully saturated rings. The van der Waals surface area contributed by atoms with Gasteiger partial charge in [-0.3, -0.25) is 5.10 Å². The summed E-state index contributed by atoms with van der Waals surface area (Å²) in [5.74, 6) is 2.27. The lowest BCUT2D eigenvalue weighted by Gasteiger charge is -2.09. The molecule has 5 nitrogen and oxygen atoms in total. The van der Waals surface area contributed by atoms with Crippen LogP contribution in [0.3, 0.4) is 0 Å². The number of nitrogens with zero attached hydrogens (tertiary/aromatic N) is 3. The molecule has 6 heteroatoms. The molecular weight excluding hydrogens is 413 g/mol. The van der Waals surface area contributed by atoms with E-state index in [1.807, 2.05) is 49.4 Å². The molecule has 4 aromatic rings. The van der Waals surface area contributed by atoms with E-state index in [0.717, 1.165) is 33.8 Å². The topological polar surface area (TPSA) is 66.5 Å². The Balaban J connectivity index is 1.85. The molecule has 0 unspecified atom stereocenters. The minimum Gasteiger partial charge on any atom is -0.325 e. The summed E-state index contributed by atoms with van der Waals surface area (Å²) >= 11 is 2.29. The summed E-state index contributed by atoms with van der Waals surface area (Å²) in [4.78, 5) is 9.44. The van der Waals surface area contributed by atoms with Gasteiger partial charge in [-0.2, -0.15) is 5.10 Å². The smallest absolute Gasteiger partial charge is 0.162 e. The Morgan fingerprint density at radius 2 is 1.79 bits per heavy atom. The lowest BCUT2D eigenvalue weighted by molar-refractivity contribution is 1.05. The number of hydrogen-bond donors (Lipinski definition) is 2. The third-order valence-electron chi connectivity index (χ3n) is 3.66. The molecule has 0 spiro atoms. The van der Waals surface area contributed by atoms with Crippen molar-refractivity contribution < 1.29 is 0 Å². The number of fused-ring (bicyclic) bond motifs is 1. The van der Waals surface area contributed by atoms with Gasteiger partial charge in [-0.05, 0) is 53.8 Å². The second kappa shape index (κ2) is 6.20. The fourth-order valence-corrected chi connectivity index (χ4v) is 2.87. The number of hydrogen-bond acceptors (Lipinski definition) is 4. The van der Waals surface area contributed by atoms with Crippen molar-refractivity contribution in [3.05, 3.63) is 63.9 Å². The molecule has 0 bridgehead atoms. The number of anilines is 2. The average Bonchev–Trinajstić information content (AvgIpc) is 3.00. The second-order valence-corrected chi connectivity index (χ2v) is 6.71. The summed E-state index contributed by atoms with van der Waals surface area (Å²) in [7, 11) is 0. The number of halogens is 1. The molecule has 0 amide bonds. The molecule has 0 aliphatic rings. The van der Waals surface area contributed by atoms with Crippen LogP contribution in [0.1, 0.15) is 5.69 Å². The molecule has 24 heavy (non-hydrogen) atoms. The zero-order valence-electron chi connectivity index (χ0n) is 12.9. The number of rotatable bonds is 3. The van der Waals surface area contributed by atoms with Gasteiger partial charge >= 0.3 is 0 Å². The normalized spacial score (nSPS) is 10.9. The highest BCUT2D eigenvalue weighted by Gasteiger charge is 2.10. The van der Waals surface area contributed by atoms with E-state index in [0.29, 0.717) is 5.82 Å². The Hall–Kier alpha value is -2.48. The van der Waals surface area contributed by atoms with Crippen molar-refractivity contribution >= 4 is 45.1 Å². The van der Waals surface area contributed by atoms with Crippen LogP contribution in [-0.4, -0.2) is 20.2 Å². The third kappa shape index (κ3) is 2.96. The third-order valence-corrected chi connectivity index (χ3v) is 4.38. The predicted octanol–water partition coefficient (Wildman–Crippen LogP) is 4.68. The van der Waals surface area contributed by atoms with Crippen molar-refractivity contribution in [2.45, 2.75) is 6.92 Å². The first-order valence-electron chi connectivity index (χ1n) is 7.51. The van der Waals surface area contributed by atoms with E-state index in [4.69, 9.17) is 9.97 Å². The maximum Gasteiger partial charge on any atom is 0.162 e. The molecule has 2 aromatic carbocycles. The van der Waals surface area contributed by atoms with E-state index < -0.39 is 0 Å². The fraction of sp³-hybridized carbons (Fsp3) is 0.0556. The fourth-order valence-electron chi connectivity index (χ4n) is 2.51. The van der Waals surface area contributed by atoms with E-state index in [9.17, 15) is 0 Å². The van der Waals surface area contributed by atoms with E-state index in [1.54, 1.807) is 0 Å². The molecular formula is C18H14IN5. The molecule has 0 aliphatic heterocycles. The van der Waals surface area contributed by atoms with Crippen LogP contribution < -0.4 is 5.32 Å². The minimum atomic E-state index is 0.698. The monoisotopic (exact) mass is 427 g/mol. The number of aromatic nitrogens is 4. The molecule has 0 atom stereocenters. The first kappa shape index (κ1) is 15.1. The van der Waals surface area contributed by atoms with Crippen LogP contribution in [0.2, 0.25) is 0 Å². The van der Waals surface area contributed by atoms with Crippen LogP contribution in [0.4, 0.5) is 11.6 Å². The molecule has 4 rings (SSSR count). The van der Waals surface area contributed by atoms with Gasteiger partial charge in [0.15, 0.2) is 5.82 Å². The van der Waals surface area contributed by atoms with Crippen molar-refractivity contribution in [3.8, 4) is 11.4 Å². The van der Waals surface area contributed by atoms with Gasteiger partial charge in [0.1, 0.15) is 11.6 Å². The molecule has 2 aromatic heterocycles. The average molecular weight is 427 g/mol. The van der Waals surface area contributed by atoms with Crippen LogP contribution in [-0.2, 0) is 0 Å². The number of nitrogens with one attached hydrogen (secondary N) is 2. The minimum absolute atomic E-state index is 0.698. The lowest BCUT2D eigenvalue weighted by Crippen LogP contribution is -1.99. The van der Waals surface area contributed by atoms with Gasteiger partial charge in [-0.1, -0.05) is 24.3 Å². The SMILES string of the molecule is Cc1cc(Nc2nc(-c3ccc(I)cc3)nc3ccccc23)[nH]n1. The first-order chi connectivity index (χ1) is 11.7. The van der Waals surface area contributed by atoms with E-state index in [2.05, 4.69) is 50.2 Å². The zero-order valence-corrected chi connectivity index (χ0v) is 15.1. The Morgan fingerprint density at radius 3 is 2.54 bits per heavy atom. The summed E-state index contributed by atoms with van der Waals surface area (Å²) < 4.78 is 1.18.